The molecule has 6 heteroatoms. The van der Waals surface area contributed by atoms with Gasteiger partial charge in [0.05, 0.1) is 5.92 Å². The van der Waals surface area contributed by atoms with Gasteiger partial charge in [-0.05, 0) is 43.2 Å². The molecule has 0 saturated carbocycles. The summed E-state index contributed by atoms with van der Waals surface area (Å²) in [7, 11) is 0. The Morgan fingerprint density at radius 1 is 1.04 bits per heavy atom. The maximum atomic E-state index is 13.7. The van der Waals surface area contributed by atoms with Gasteiger partial charge in [0, 0.05) is 49.5 Å². The first-order valence-corrected chi connectivity index (χ1v) is 9.78. The predicted molar refractivity (Wildman–Crippen MR) is 107 cm³/mol. The van der Waals surface area contributed by atoms with Crippen LogP contribution >= 0.6 is 0 Å². The van der Waals surface area contributed by atoms with Crippen molar-refractivity contribution in [1.29, 1.82) is 0 Å². The Balaban J connectivity index is 1.36. The van der Waals surface area contributed by atoms with Gasteiger partial charge < -0.3 is 15.1 Å². The summed E-state index contributed by atoms with van der Waals surface area (Å²) < 4.78 is 13.7. The van der Waals surface area contributed by atoms with E-state index in [0.717, 1.165) is 18.8 Å². The monoisotopic (exact) mass is 381 g/mol. The van der Waals surface area contributed by atoms with Crippen LogP contribution in [-0.4, -0.2) is 31.4 Å². The average molecular weight is 381 g/mol. The molecule has 146 valence electrons. The molecule has 0 bridgehead atoms. The van der Waals surface area contributed by atoms with Crippen molar-refractivity contribution in [2.75, 3.05) is 29.4 Å². The summed E-state index contributed by atoms with van der Waals surface area (Å²) >= 11 is 0. The highest BCUT2D eigenvalue weighted by Gasteiger charge is 2.35. The zero-order valence-electron chi connectivity index (χ0n) is 15.7. The summed E-state index contributed by atoms with van der Waals surface area (Å²) in [5.74, 6) is -1.03. The molecule has 0 aliphatic carbocycles. The quantitative estimate of drug-likeness (QED) is 0.866. The van der Waals surface area contributed by atoms with Crippen LogP contribution in [0.3, 0.4) is 0 Å². The minimum atomic E-state index is -0.419. The Morgan fingerprint density at radius 2 is 1.71 bits per heavy atom. The van der Waals surface area contributed by atoms with Gasteiger partial charge in [-0.2, -0.15) is 0 Å². The summed E-state index contributed by atoms with van der Waals surface area (Å²) in [5, 5.41) is 2.76. The molecule has 2 heterocycles. The summed E-state index contributed by atoms with van der Waals surface area (Å²) in [6.45, 7) is 2.63. The Hall–Kier alpha value is -2.89. The van der Waals surface area contributed by atoms with Crippen LogP contribution in [0.1, 0.15) is 24.8 Å². The van der Waals surface area contributed by atoms with Crippen molar-refractivity contribution in [3.63, 3.8) is 0 Å². The lowest BCUT2D eigenvalue weighted by molar-refractivity contribution is -0.126. The summed E-state index contributed by atoms with van der Waals surface area (Å²) in [4.78, 5) is 28.9. The fraction of sp³-hybridized carbons (Fsp3) is 0.364. The number of carbonyl (C=O) groups is 2. The molecule has 0 radical (unpaired) electrons. The van der Waals surface area contributed by atoms with Gasteiger partial charge in [-0.25, -0.2) is 4.39 Å². The molecule has 2 aromatic rings. The van der Waals surface area contributed by atoms with Crippen LogP contribution in [0.15, 0.2) is 48.5 Å². The molecule has 5 nitrogen and oxygen atoms in total. The van der Waals surface area contributed by atoms with E-state index in [1.54, 1.807) is 23.1 Å². The largest absolute Gasteiger partial charge is 0.372 e. The second-order valence-electron chi connectivity index (χ2n) is 7.43. The van der Waals surface area contributed by atoms with Crippen LogP contribution < -0.4 is 15.1 Å². The zero-order valence-corrected chi connectivity index (χ0v) is 15.7. The molecule has 2 aliphatic rings. The molecular weight excluding hydrogens is 357 g/mol. The number of anilines is 2. The van der Waals surface area contributed by atoms with Crippen molar-refractivity contribution >= 4 is 23.2 Å². The third kappa shape index (κ3) is 3.86. The molecule has 2 aromatic carbocycles. The number of hydrogen-bond acceptors (Lipinski definition) is 3. The molecule has 2 aliphatic heterocycles. The van der Waals surface area contributed by atoms with E-state index in [1.165, 1.54) is 24.6 Å². The van der Waals surface area contributed by atoms with Gasteiger partial charge in [-0.1, -0.05) is 18.2 Å². The van der Waals surface area contributed by atoms with E-state index < -0.39 is 5.92 Å². The lowest BCUT2D eigenvalue weighted by Gasteiger charge is -2.20. The molecular formula is C22H24FN3O2. The van der Waals surface area contributed by atoms with Crippen molar-refractivity contribution in [1.82, 2.24) is 5.32 Å². The van der Waals surface area contributed by atoms with Gasteiger partial charge in [-0.15, -0.1) is 0 Å². The number of hydrogen-bond donors (Lipinski definition) is 1. The Kier molecular flexibility index (Phi) is 5.28. The summed E-state index contributed by atoms with van der Waals surface area (Å²) in [6.07, 6.45) is 2.61. The maximum Gasteiger partial charge on any atom is 0.227 e. The molecule has 4 rings (SSSR count). The molecule has 2 fully saturated rings. The summed E-state index contributed by atoms with van der Waals surface area (Å²) in [5.41, 5.74) is 2.43. The van der Waals surface area contributed by atoms with Crippen LogP contribution in [0.25, 0.3) is 0 Å². The molecule has 2 amide bonds. The number of nitrogens with one attached hydrogen (secondary N) is 1. The zero-order chi connectivity index (χ0) is 19.5. The van der Waals surface area contributed by atoms with Crippen molar-refractivity contribution in [3.05, 3.63) is 59.9 Å². The summed E-state index contributed by atoms with van der Waals surface area (Å²) in [6, 6.07) is 14.3. The number of carbonyl (C=O) groups excluding carboxylic acids is 2. The van der Waals surface area contributed by atoms with Gasteiger partial charge >= 0.3 is 0 Å². The van der Waals surface area contributed by atoms with Gasteiger partial charge in [0.1, 0.15) is 5.82 Å². The van der Waals surface area contributed by atoms with Crippen molar-refractivity contribution in [3.8, 4) is 0 Å². The van der Waals surface area contributed by atoms with Crippen LogP contribution in [0, 0.1) is 11.7 Å². The second kappa shape index (κ2) is 8.00. The number of rotatable bonds is 5. The molecule has 2 saturated heterocycles. The first kappa shape index (κ1) is 18.5. The third-order valence-corrected chi connectivity index (χ3v) is 5.54. The van der Waals surface area contributed by atoms with Crippen molar-refractivity contribution in [2.24, 2.45) is 5.92 Å². The van der Waals surface area contributed by atoms with E-state index in [9.17, 15) is 14.0 Å². The maximum absolute atomic E-state index is 13.7. The highest BCUT2D eigenvalue weighted by molar-refractivity contribution is 6.00. The first-order chi connectivity index (χ1) is 13.6. The van der Waals surface area contributed by atoms with Crippen molar-refractivity contribution in [2.45, 2.75) is 25.8 Å². The lowest BCUT2D eigenvalue weighted by atomic mass is 10.1. The Labute approximate surface area is 164 Å². The normalized spacial score (nSPS) is 19.3. The van der Waals surface area contributed by atoms with E-state index in [4.69, 9.17) is 0 Å². The Morgan fingerprint density at radius 3 is 2.43 bits per heavy atom. The second-order valence-corrected chi connectivity index (χ2v) is 7.43. The van der Waals surface area contributed by atoms with Crippen LogP contribution in [-0.2, 0) is 16.1 Å². The van der Waals surface area contributed by atoms with Crippen LogP contribution in [0.4, 0.5) is 15.8 Å². The fourth-order valence-corrected chi connectivity index (χ4v) is 3.92. The number of amides is 2. The molecule has 0 aromatic heterocycles. The Bertz CT molecular complexity index is 862. The van der Waals surface area contributed by atoms with Gasteiger partial charge in [0.25, 0.3) is 0 Å². The molecule has 1 unspecified atom stereocenters. The SMILES string of the molecule is O=C(NCc1ccccc1F)C1CC(=O)N(c2ccc(N3CCCC3)cc2)C1. The van der Waals surface area contributed by atoms with Crippen LogP contribution in [0.2, 0.25) is 0 Å². The van der Waals surface area contributed by atoms with E-state index >= 15 is 0 Å². The van der Waals surface area contributed by atoms with Gasteiger partial charge in [0.15, 0.2) is 0 Å². The van der Waals surface area contributed by atoms with E-state index in [2.05, 4.69) is 10.2 Å². The average Bonchev–Trinajstić information content (AvgIpc) is 3.37. The third-order valence-electron chi connectivity index (χ3n) is 5.54. The molecule has 1 atom stereocenters. The highest BCUT2D eigenvalue weighted by Crippen LogP contribution is 2.28. The number of nitrogens with zero attached hydrogens (tertiary/aromatic N) is 2. The fourth-order valence-electron chi connectivity index (χ4n) is 3.92. The predicted octanol–water partition coefficient (Wildman–Crippen LogP) is 3.10. The number of benzene rings is 2. The molecule has 0 spiro atoms. The van der Waals surface area contributed by atoms with Crippen molar-refractivity contribution < 1.29 is 14.0 Å². The van der Waals surface area contributed by atoms with Crippen LogP contribution in [0.5, 0.6) is 0 Å². The lowest BCUT2D eigenvalue weighted by Crippen LogP contribution is -2.32. The highest BCUT2D eigenvalue weighted by atomic mass is 19.1. The topological polar surface area (TPSA) is 52.7 Å². The van der Waals surface area contributed by atoms with E-state index in [-0.39, 0.29) is 30.6 Å². The minimum absolute atomic E-state index is 0.0556. The van der Waals surface area contributed by atoms with Gasteiger partial charge in [-0.3, -0.25) is 9.59 Å². The van der Waals surface area contributed by atoms with E-state index in [1.807, 2.05) is 24.3 Å². The number of halogens is 1. The first-order valence-electron chi connectivity index (χ1n) is 9.78. The minimum Gasteiger partial charge on any atom is -0.372 e. The smallest absolute Gasteiger partial charge is 0.227 e. The van der Waals surface area contributed by atoms with Gasteiger partial charge in [0.2, 0.25) is 11.8 Å². The molecule has 28 heavy (non-hydrogen) atoms. The standard InChI is InChI=1S/C22H24FN3O2/c23-20-6-2-1-5-16(20)14-24-22(28)17-13-21(27)26(15-17)19-9-7-18(8-10-19)25-11-3-4-12-25/h1-2,5-10,17H,3-4,11-15H2,(H,24,28). The molecule has 1 N–H and O–H groups in total. The van der Waals surface area contributed by atoms with E-state index in [0.29, 0.717) is 12.1 Å².